The van der Waals surface area contributed by atoms with Crippen LogP contribution in [0.1, 0.15) is 44.4 Å². The number of benzene rings is 1. The summed E-state index contributed by atoms with van der Waals surface area (Å²) >= 11 is 0. The van der Waals surface area contributed by atoms with Gasteiger partial charge in [-0.05, 0) is 56.5 Å². The standard InChI is InChI=1S/C16H20FN3O/c1-2-18-14-9-5-12(6-10-14)16-19-15(20-21-16)11-3-7-13(17)8-4-11/h3-4,7-8,12,14,18H,2,5-6,9-10H2,1H3. The maximum absolute atomic E-state index is 12.9. The van der Waals surface area contributed by atoms with Crippen molar-refractivity contribution in [2.75, 3.05) is 6.54 Å². The average Bonchev–Trinajstić information content (AvgIpc) is 2.99. The second kappa shape index (κ2) is 6.35. The van der Waals surface area contributed by atoms with Gasteiger partial charge in [-0.2, -0.15) is 4.98 Å². The molecule has 1 heterocycles. The Hall–Kier alpha value is -1.75. The maximum Gasteiger partial charge on any atom is 0.230 e. The van der Waals surface area contributed by atoms with Crippen LogP contribution >= 0.6 is 0 Å². The lowest BCUT2D eigenvalue weighted by Gasteiger charge is -2.26. The van der Waals surface area contributed by atoms with Gasteiger partial charge in [-0.25, -0.2) is 4.39 Å². The fraction of sp³-hybridized carbons (Fsp3) is 0.500. The summed E-state index contributed by atoms with van der Waals surface area (Å²) in [5.74, 6) is 1.34. The Morgan fingerprint density at radius 3 is 2.57 bits per heavy atom. The molecular formula is C16H20FN3O. The minimum absolute atomic E-state index is 0.260. The van der Waals surface area contributed by atoms with Crippen molar-refractivity contribution in [2.45, 2.75) is 44.6 Å². The van der Waals surface area contributed by atoms with Gasteiger partial charge in [0.2, 0.25) is 11.7 Å². The summed E-state index contributed by atoms with van der Waals surface area (Å²) in [6.45, 7) is 3.16. The van der Waals surface area contributed by atoms with E-state index >= 15 is 0 Å². The first-order valence-electron chi connectivity index (χ1n) is 7.59. The van der Waals surface area contributed by atoms with E-state index < -0.39 is 0 Å². The van der Waals surface area contributed by atoms with Crippen molar-refractivity contribution in [1.82, 2.24) is 15.5 Å². The van der Waals surface area contributed by atoms with Gasteiger partial charge in [-0.3, -0.25) is 0 Å². The zero-order valence-electron chi connectivity index (χ0n) is 12.2. The molecule has 5 heteroatoms. The molecule has 3 rings (SSSR count). The minimum Gasteiger partial charge on any atom is -0.339 e. The molecule has 0 saturated heterocycles. The fourth-order valence-corrected chi connectivity index (χ4v) is 2.95. The van der Waals surface area contributed by atoms with E-state index in [-0.39, 0.29) is 5.82 Å². The lowest BCUT2D eigenvalue weighted by Crippen LogP contribution is -2.32. The number of hydrogen-bond acceptors (Lipinski definition) is 4. The molecule has 4 nitrogen and oxygen atoms in total. The third-order valence-corrected chi connectivity index (χ3v) is 4.11. The van der Waals surface area contributed by atoms with Crippen LogP contribution in [0.5, 0.6) is 0 Å². The molecule has 1 fully saturated rings. The van der Waals surface area contributed by atoms with Crippen molar-refractivity contribution in [2.24, 2.45) is 0 Å². The molecule has 1 saturated carbocycles. The van der Waals surface area contributed by atoms with Gasteiger partial charge in [-0.1, -0.05) is 12.1 Å². The van der Waals surface area contributed by atoms with Crippen LogP contribution in [0.4, 0.5) is 4.39 Å². The first-order chi connectivity index (χ1) is 10.3. The van der Waals surface area contributed by atoms with Crippen LogP contribution in [0, 0.1) is 5.82 Å². The lowest BCUT2D eigenvalue weighted by molar-refractivity contribution is 0.285. The molecule has 1 aliphatic rings. The summed E-state index contributed by atoms with van der Waals surface area (Å²) in [4.78, 5) is 4.48. The number of hydrogen-bond donors (Lipinski definition) is 1. The normalized spacial score (nSPS) is 22.4. The predicted octanol–water partition coefficient (Wildman–Crippen LogP) is 3.51. The number of nitrogens with one attached hydrogen (secondary N) is 1. The molecule has 0 unspecified atom stereocenters. The van der Waals surface area contributed by atoms with Gasteiger partial charge in [0, 0.05) is 17.5 Å². The van der Waals surface area contributed by atoms with E-state index in [9.17, 15) is 4.39 Å². The van der Waals surface area contributed by atoms with Crippen molar-refractivity contribution in [1.29, 1.82) is 0 Å². The molecule has 0 spiro atoms. The van der Waals surface area contributed by atoms with Crippen molar-refractivity contribution >= 4 is 0 Å². The number of aromatic nitrogens is 2. The number of rotatable bonds is 4. The summed E-state index contributed by atoms with van der Waals surface area (Å²) < 4.78 is 18.3. The molecule has 0 bridgehead atoms. The Bertz CT molecular complexity index is 573. The average molecular weight is 289 g/mol. The van der Waals surface area contributed by atoms with Gasteiger partial charge in [0.15, 0.2) is 0 Å². The first kappa shape index (κ1) is 14.2. The second-order valence-electron chi connectivity index (χ2n) is 5.57. The van der Waals surface area contributed by atoms with E-state index in [4.69, 9.17) is 4.52 Å². The van der Waals surface area contributed by atoms with Crippen LogP contribution in [0.25, 0.3) is 11.4 Å². The van der Waals surface area contributed by atoms with E-state index in [0.717, 1.165) is 37.8 Å². The van der Waals surface area contributed by atoms with Gasteiger partial charge in [0.05, 0.1) is 0 Å². The smallest absolute Gasteiger partial charge is 0.230 e. The summed E-state index contributed by atoms with van der Waals surface area (Å²) in [5, 5.41) is 7.51. The summed E-state index contributed by atoms with van der Waals surface area (Å²) in [6, 6.07) is 6.78. The molecule has 1 aromatic carbocycles. The summed E-state index contributed by atoms with van der Waals surface area (Å²) in [6.07, 6.45) is 4.44. The van der Waals surface area contributed by atoms with Crippen LogP contribution in [-0.2, 0) is 0 Å². The van der Waals surface area contributed by atoms with Gasteiger partial charge >= 0.3 is 0 Å². The Morgan fingerprint density at radius 2 is 1.90 bits per heavy atom. The van der Waals surface area contributed by atoms with E-state index in [0.29, 0.717) is 23.7 Å². The third-order valence-electron chi connectivity index (χ3n) is 4.11. The Balaban J connectivity index is 1.67. The maximum atomic E-state index is 12.9. The first-order valence-corrected chi connectivity index (χ1v) is 7.59. The highest BCUT2D eigenvalue weighted by Crippen LogP contribution is 2.32. The topological polar surface area (TPSA) is 51.0 Å². The molecule has 21 heavy (non-hydrogen) atoms. The third kappa shape index (κ3) is 3.29. The Morgan fingerprint density at radius 1 is 1.19 bits per heavy atom. The number of halogens is 1. The zero-order valence-corrected chi connectivity index (χ0v) is 12.2. The van der Waals surface area contributed by atoms with Gasteiger partial charge in [-0.15, -0.1) is 0 Å². The van der Waals surface area contributed by atoms with Crippen molar-refractivity contribution < 1.29 is 8.91 Å². The molecule has 0 radical (unpaired) electrons. The molecule has 2 aromatic rings. The zero-order chi connectivity index (χ0) is 14.7. The molecule has 0 atom stereocenters. The van der Waals surface area contributed by atoms with E-state index in [1.807, 2.05) is 0 Å². The Labute approximate surface area is 123 Å². The van der Waals surface area contributed by atoms with Crippen LogP contribution in [0.2, 0.25) is 0 Å². The number of nitrogens with zero attached hydrogens (tertiary/aromatic N) is 2. The second-order valence-corrected chi connectivity index (χ2v) is 5.57. The van der Waals surface area contributed by atoms with Crippen LogP contribution in [0.15, 0.2) is 28.8 Å². The largest absolute Gasteiger partial charge is 0.339 e. The molecular weight excluding hydrogens is 269 g/mol. The molecule has 1 aromatic heterocycles. The molecule has 0 amide bonds. The van der Waals surface area contributed by atoms with Gasteiger partial charge in [0.25, 0.3) is 0 Å². The minimum atomic E-state index is -0.260. The molecule has 1 aliphatic carbocycles. The van der Waals surface area contributed by atoms with Crippen LogP contribution < -0.4 is 5.32 Å². The van der Waals surface area contributed by atoms with Crippen LogP contribution in [0.3, 0.4) is 0 Å². The van der Waals surface area contributed by atoms with Gasteiger partial charge < -0.3 is 9.84 Å². The van der Waals surface area contributed by atoms with Crippen molar-refractivity contribution in [3.05, 3.63) is 36.0 Å². The predicted molar refractivity (Wildman–Crippen MR) is 78.4 cm³/mol. The fourth-order valence-electron chi connectivity index (χ4n) is 2.95. The highest BCUT2D eigenvalue weighted by atomic mass is 19.1. The highest BCUT2D eigenvalue weighted by Gasteiger charge is 2.26. The van der Waals surface area contributed by atoms with Crippen LogP contribution in [-0.4, -0.2) is 22.7 Å². The monoisotopic (exact) mass is 289 g/mol. The lowest BCUT2D eigenvalue weighted by atomic mass is 9.86. The quantitative estimate of drug-likeness (QED) is 0.935. The molecule has 112 valence electrons. The van der Waals surface area contributed by atoms with Crippen molar-refractivity contribution in [3.63, 3.8) is 0 Å². The SMILES string of the molecule is CCNC1CCC(c2nc(-c3ccc(F)cc3)no2)CC1. The molecule has 0 aliphatic heterocycles. The Kier molecular flexibility index (Phi) is 4.29. The summed E-state index contributed by atoms with van der Waals surface area (Å²) in [7, 11) is 0. The highest BCUT2D eigenvalue weighted by molar-refractivity contribution is 5.53. The van der Waals surface area contributed by atoms with E-state index in [1.165, 1.54) is 12.1 Å². The summed E-state index contributed by atoms with van der Waals surface area (Å²) in [5.41, 5.74) is 0.785. The van der Waals surface area contributed by atoms with E-state index in [1.54, 1.807) is 12.1 Å². The van der Waals surface area contributed by atoms with Gasteiger partial charge in [0.1, 0.15) is 5.82 Å². The van der Waals surface area contributed by atoms with E-state index in [2.05, 4.69) is 22.4 Å². The van der Waals surface area contributed by atoms with Crippen molar-refractivity contribution in [3.8, 4) is 11.4 Å². The molecule has 1 N–H and O–H groups in total.